The Labute approximate surface area is 126 Å². The van der Waals surface area contributed by atoms with Gasteiger partial charge in [0.15, 0.2) is 0 Å². The second-order valence-corrected chi connectivity index (χ2v) is 5.07. The van der Waals surface area contributed by atoms with E-state index in [0.29, 0.717) is 23.1 Å². The third kappa shape index (κ3) is 2.40. The fourth-order valence-corrected chi connectivity index (χ4v) is 2.33. The second kappa shape index (κ2) is 5.26. The molecule has 0 atom stereocenters. The molecule has 0 fully saturated rings. The van der Waals surface area contributed by atoms with Gasteiger partial charge in [0.1, 0.15) is 5.69 Å². The van der Waals surface area contributed by atoms with Crippen molar-refractivity contribution in [3.63, 3.8) is 0 Å². The highest BCUT2D eigenvalue weighted by atomic mass is 35.5. The van der Waals surface area contributed by atoms with Gasteiger partial charge in [0.25, 0.3) is 0 Å². The van der Waals surface area contributed by atoms with Crippen LogP contribution in [0.1, 0.15) is 17.4 Å². The smallest absolute Gasteiger partial charge is 0.356 e. The minimum Gasteiger partial charge on any atom is -0.461 e. The highest BCUT2D eigenvalue weighted by molar-refractivity contribution is 6.30. The molecule has 0 spiro atoms. The third-order valence-electron chi connectivity index (χ3n) is 3.26. The van der Waals surface area contributed by atoms with E-state index in [4.69, 9.17) is 16.3 Å². The fraction of sp³-hybridized carbons (Fsp3) is 0.200. The third-order valence-corrected chi connectivity index (χ3v) is 3.51. The molecule has 2 heterocycles. The number of ether oxygens (including phenoxy) is 1. The minimum atomic E-state index is -0.349. The van der Waals surface area contributed by atoms with Crippen molar-refractivity contribution in [3.05, 3.63) is 47.4 Å². The first kappa shape index (κ1) is 13.7. The summed E-state index contributed by atoms with van der Waals surface area (Å²) in [5.41, 5.74) is 2.27. The van der Waals surface area contributed by atoms with Crippen LogP contribution in [0.15, 0.2) is 36.7 Å². The SMILES string of the molecule is CCOC(=O)c1cn2cc(-c3ccc(Cl)cc3)nc2n1C. The summed E-state index contributed by atoms with van der Waals surface area (Å²) >= 11 is 5.89. The van der Waals surface area contributed by atoms with Gasteiger partial charge in [-0.05, 0) is 19.1 Å². The van der Waals surface area contributed by atoms with Crippen molar-refractivity contribution < 1.29 is 9.53 Å². The highest BCUT2D eigenvalue weighted by Gasteiger charge is 2.16. The molecule has 0 aliphatic rings. The number of rotatable bonds is 3. The van der Waals surface area contributed by atoms with E-state index >= 15 is 0 Å². The molecule has 3 aromatic rings. The molecule has 3 rings (SSSR count). The van der Waals surface area contributed by atoms with Gasteiger partial charge in [-0.15, -0.1) is 0 Å². The molecule has 0 N–H and O–H groups in total. The molecule has 0 amide bonds. The lowest BCUT2D eigenvalue weighted by Gasteiger charge is -2.01. The van der Waals surface area contributed by atoms with Crippen LogP contribution in [-0.2, 0) is 11.8 Å². The predicted octanol–water partition coefficient (Wildman–Crippen LogP) is 3.17. The molecule has 2 aromatic heterocycles. The molecule has 0 bridgehead atoms. The zero-order valence-electron chi connectivity index (χ0n) is 11.7. The summed E-state index contributed by atoms with van der Waals surface area (Å²) in [6.07, 6.45) is 3.60. The normalized spacial score (nSPS) is 11.0. The minimum absolute atomic E-state index is 0.349. The number of aromatic nitrogens is 3. The predicted molar refractivity (Wildman–Crippen MR) is 80.6 cm³/mol. The van der Waals surface area contributed by atoms with Gasteiger partial charge in [-0.1, -0.05) is 23.7 Å². The van der Waals surface area contributed by atoms with Gasteiger partial charge in [-0.25, -0.2) is 9.78 Å². The van der Waals surface area contributed by atoms with E-state index in [1.54, 1.807) is 24.7 Å². The standard InChI is InChI=1S/C15H14ClN3O2/c1-3-21-14(20)13-9-19-8-12(17-15(19)18(13)2)10-4-6-11(16)7-5-10/h4-9H,3H2,1-2H3. The Balaban J connectivity index is 2.02. The highest BCUT2D eigenvalue weighted by Crippen LogP contribution is 2.22. The Morgan fingerprint density at radius 2 is 2.00 bits per heavy atom. The van der Waals surface area contributed by atoms with Crippen LogP contribution in [-0.4, -0.2) is 26.5 Å². The van der Waals surface area contributed by atoms with Crippen LogP contribution < -0.4 is 0 Å². The zero-order valence-corrected chi connectivity index (χ0v) is 12.5. The first-order valence-electron chi connectivity index (χ1n) is 6.57. The average Bonchev–Trinajstić information content (AvgIpc) is 3.00. The number of benzene rings is 1. The van der Waals surface area contributed by atoms with Crippen molar-refractivity contribution in [1.29, 1.82) is 0 Å². The summed E-state index contributed by atoms with van der Waals surface area (Å²) in [5.74, 6) is 0.335. The summed E-state index contributed by atoms with van der Waals surface area (Å²) in [7, 11) is 1.79. The molecule has 0 saturated heterocycles. The first-order chi connectivity index (χ1) is 10.1. The summed E-state index contributed by atoms with van der Waals surface area (Å²) in [5, 5.41) is 0.687. The number of hydrogen-bond donors (Lipinski definition) is 0. The maximum Gasteiger partial charge on any atom is 0.356 e. The van der Waals surface area contributed by atoms with E-state index in [1.807, 2.05) is 34.9 Å². The van der Waals surface area contributed by atoms with Crippen molar-refractivity contribution in [3.8, 4) is 11.3 Å². The summed E-state index contributed by atoms with van der Waals surface area (Å²) in [6, 6.07) is 7.47. The van der Waals surface area contributed by atoms with E-state index in [2.05, 4.69) is 4.98 Å². The van der Waals surface area contributed by atoms with Crippen LogP contribution in [0.5, 0.6) is 0 Å². The molecular weight excluding hydrogens is 290 g/mol. The van der Waals surface area contributed by atoms with Crippen molar-refractivity contribution in [1.82, 2.24) is 14.0 Å². The van der Waals surface area contributed by atoms with Crippen LogP contribution in [0.25, 0.3) is 17.0 Å². The van der Waals surface area contributed by atoms with Crippen molar-refractivity contribution in [2.45, 2.75) is 6.92 Å². The monoisotopic (exact) mass is 303 g/mol. The van der Waals surface area contributed by atoms with Gasteiger partial charge >= 0.3 is 5.97 Å². The van der Waals surface area contributed by atoms with Gasteiger partial charge in [-0.2, -0.15) is 0 Å². The molecule has 5 nitrogen and oxygen atoms in total. The summed E-state index contributed by atoms with van der Waals surface area (Å²) < 4.78 is 8.56. The molecule has 0 radical (unpaired) electrons. The van der Waals surface area contributed by atoms with Gasteiger partial charge in [0.05, 0.1) is 12.3 Å². The molecule has 21 heavy (non-hydrogen) atoms. The van der Waals surface area contributed by atoms with E-state index in [-0.39, 0.29) is 5.97 Å². The van der Waals surface area contributed by atoms with Gasteiger partial charge in [-0.3, -0.25) is 4.40 Å². The maximum absolute atomic E-state index is 11.8. The summed E-state index contributed by atoms with van der Waals surface area (Å²) in [6.45, 7) is 2.13. The number of esters is 1. The number of fused-ring (bicyclic) bond motifs is 1. The lowest BCUT2D eigenvalue weighted by atomic mass is 10.2. The molecule has 6 heteroatoms. The topological polar surface area (TPSA) is 48.5 Å². The lowest BCUT2D eigenvalue weighted by molar-refractivity contribution is 0.0515. The Kier molecular flexibility index (Phi) is 3.43. The Morgan fingerprint density at radius 3 is 2.62 bits per heavy atom. The molecular formula is C15H14ClN3O2. The number of imidazole rings is 2. The van der Waals surface area contributed by atoms with Gasteiger partial charge in [0.2, 0.25) is 5.78 Å². The van der Waals surface area contributed by atoms with Crippen molar-refractivity contribution >= 4 is 23.3 Å². The average molecular weight is 304 g/mol. The maximum atomic E-state index is 11.8. The van der Waals surface area contributed by atoms with Gasteiger partial charge < -0.3 is 9.30 Å². The largest absolute Gasteiger partial charge is 0.461 e. The zero-order chi connectivity index (χ0) is 15.0. The first-order valence-corrected chi connectivity index (χ1v) is 6.95. The van der Waals surface area contributed by atoms with Gasteiger partial charge in [0, 0.05) is 30.0 Å². The summed E-state index contributed by atoms with van der Waals surface area (Å²) in [4.78, 5) is 16.4. The van der Waals surface area contributed by atoms with E-state index in [1.165, 1.54) is 0 Å². The Hall–Kier alpha value is -2.27. The van der Waals surface area contributed by atoms with E-state index < -0.39 is 0 Å². The number of hydrogen-bond acceptors (Lipinski definition) is 3. The molecule has 0 aliphatic carbocycles. The fourth-order valence-electron chi connectivity index (χ4n) is 2.21. The van der Waals surface area contributed by atoms with Crippen LogP contribution in [0.2, 0.25) is 5.02 Å². The number of nitrogens with zero attached hydrogens (tertiary/aromatic N) is 3. The second-order valence-electron chi connectivity index (χ2n) is 4.63. The molecule has 0 saturated carbocycles. The van der Waals surface area contributed by atoms with Crippen LogP contribution in [0.4, 0.5) is 0 Å². The van der Waals surface area contributed by atoms with Crippen LogP contribution in [0, 0.1) is 0 Å². The number of carbonyl (C=O) groups is 1. The molecule has 0 unspecified atom stereocenters. The van der Waals surface area contributed by atoms with E-state index in [0.717, 1.165) is 11.3 Å². The number of carbonyl (C=O) groups excluding carboxylic acids is 1. The lowest BCUT2D eigenvalue weighted by Crippen LogP contribution is -2.09. The number of aryl methyl sites for hydroxylation is 1. The molecule has 0 aliphatic heterocycles. The number of halogens is 1. The van der Waals surface area contributed by atoms with Crippen LogP contribution >= 0.6 is 11.6 Å². The molecule has 1 aromatic carbocycles. The Bertz CT molecular complexity index is 802. The Morgan fingerprint density at radius 1 is 1.29 bits per heavy atom. The van der Waals surface area contributed by atoms with E-state index in [9.17, 15) is 4.79 Å². The molecule has 108 valence electrons. The quantitative estimate of drug-likeness (QED) is 0.698. The van der Waals surface area contributed by atoms with Crippen LogP contribution in [0.3, 0.4) is 0 Å². The van der Waals surface area contributed by atoms with Crippen molar-refractivity contribution in [2.24, 2.45) is 7.05 Å². The van der Waals surface area contributed by atoms with Crippen molar-refractivity contribution in [2.75, 3.05) is 6.61 Å².